The molecule has 0 atom stereocenters. The van der Waals surface area contributed by atoms with Crippen molar-refractivity contribution in [1.82, 2.24) is 14.3 Å². The monoisotopic (exact) mass is 591 g/mol. The first-order chi connectivity index (χ1) is 19.7. The molecule has 0 aliphatic carbocycles. The number of benzene rings is 3. The maximum Gasteiger partial charge on any atom is 0.211 e. The van der Waals surface area contributed by atoms with E-state index in [0.29, 0.717) is 36.4 Å². The number of phenolic OH excluding ortho intramolecular Hbond substituents is 1. The van der Waals surface area contributed by atoms with E-state index in [2.05, 4.69) is 4.98 Å². The number of phenols is 1. The molecule has 0 saturated carbocycles. The van der Waals surface area contributed by atoms with Crippen LogP contribution >= 0.6 is 11.6 Å². The Labute approximate surface area is 246 Å². The van der Waals surface area contributed by atoms with E-state index in [1.54, 1.807) is 42.6 Å². The molecule has 9 heteroatoms. The summed E-state index contributed by atoms with van der Waals surface area (Å²) in [4.78, 5) is 21.6. The van der Waals surface area contributed by atoms with E-state index in [1.165, 1.54) is 10.6 Å². The second-order valence-corrected chi connectivity index (χ2v) is 12.5. The van der Waals surface area contributed by atoms with Gasteiger partial charge in [-0.3, -0.25) is 4.79 Å². The zero-order valence-corrected chi connectivity index (χ0v) is 24.6. The number of nitrogens with zero attached hydrogens (tertiary/aromatic N) is 3. The Kier molecular flexibility index (Phi) is 10.6. The van der Waals surface area contributed by atoms with Gasteiger partial charge in [0, 0.05) is 48.3 Å². The lowest BCUT2D eigenvalue weighted by molar-refractivity contribution is 0.0979. The summed E-state index contributed by atoms with van der Waals surface area (Å²) in [6.07, 6.45) is 6.89. The summed E-state index contributed by atoms with van der Waals surface area (Å²) in [6, 6.07) is 23.7. The van der Waals surface area contributed by atoms with Crippen LogP contribution in [0.15, 0.2) is 85.1 Å². The summed E-state index contributed by atoms with van der Waals surface area (Å²) in [5.41, 5.74) is 4.25. The van der Waals surface area contributed by atoms with Gasteiger partial charge in [0.15, 0.2) is 5.78 Å². The molecule has 4 aromatic rings. The van der Waals surface area contributed by atoms with Gasteiger partial charge in [0.05, 0.1) is 11.9 Å². The molecular weight excluding hydrogens is 558 g/mol. The summed E-state index contributed by atoms with van der Waals surface area (Å²) in [5, 5.41) is 9.97. The van der Waals surface area contributed by atoms with Gasteiger partial charge in [-0.05, 0) is 73.2 Å². The molecule has 0 bridgehead atoms. The van der Waals surface area contributed by atoms with Crippen molar-refractivity contribution in [1.29, 1.82) is 0 Å². The Balaban J connectivity index is 1.34. The van der Waals surface area contributed by atoms with Crippen LogP contribution in [0.2, 0.25) is 5.02 Å². The molecule has 41 heavy (non-hydrogen) atoms. The second-order valence-electron chi connectivity index (χ2n) is 10.1. The standard InChI is InChI=1S/C32H34ClN3O4S/c1-41(39,40)36(20-3-2-12-31(38)27-10-6-11-28(33)22-27)23-25-8-4-9-26(21-25)30-18-19-34-32(35-30)13-5-7-24-14-16-29(37)17-15-24/h4,6,8-11,14-19,21-22,37H,2-3,5,7,12-13,20,23H2,1H3. The Bertz CT molecular complexity index is 1580. The number of unbranched alkanes of at least 4 members (excludes halogenated alkanes) is 1. The van der Waals surface area contributed by atoms with Gasteiger partial charge >= 0.3 is 0 Å². The number of aryl methyl sites for hydroxylation is 2. The highest BCUT2D eigenvalue weighted by Gasteiger charge is 2.18. The first-order valence-corrected chi connectivity index (χ1v) is 15.8. The number of carbonyl (C=O) groups is 1. The van der Waals surface area contributed by atoms with Gasteiger partial charge in [0.2, 0.25) is 10.0 Å². The van der Waals surface area contributed by atoms with E-state index >= 15 is 0 Å². The van der Waals surface area contributed by atoms with Crippen LogP contribution in [-0.2, 0) is 29.4 Å². The summed E-state index contributed by atoms with van der Waals surface area (Å²) >= 11 is 5.98. The Morgan fingerprint density at radius 2 is 1.68 bits per heavy atom. The van der Waals surface area contributed by atoms with Crippen LogP contribution in [0.5, 0.6) is 5.75 Å². The summed E-state index contributed by atoms with van der Waals surface area (Å²) < 4.78 is 26.6. The van der Waals surface area contributed by atoms with Crippen molar-refractivity contribution in [2.75, 3.05) is 12.8 Å². The number of hydrogen-bond acceptors (Lipinski definition) is 6. The number of halogens is 1. The molecule has 3 aromatic carbocycles. The van der Waals surface area contributed by atoms with Crippen LogP contribution in [0.25, 0.3) is 11.3 Å². The third-order valence-corrected chi connectivity index (χ3v) is 8.25. The van der Waals surface area contributed by atoms with Crippen molar-refractivity contribution in [3.8, 4) is 17.0 Å². The third-order valence-electron chi connectivity index (χ3n) is 6.77. The highest BCUT2D eigenvalue weighted by atomic mass is 35.5. The molecule has 1 heterocycles. The molecule has 214 valence electrons. The van der Waals surface area contributed by atoms with Crippen molar-refractivity contribution < 1.29 is 18.3 Å². The fourth-order valence-electron chi connectivity index (χ4n) is 4.57. The number of aromatic hydroxyl groups is 1. The molecule has 0 fully saturated rings. The van der Waals surface area contributed by atoms with Gasteiger partial charge < -0.3 is 5.11 Å². The van der Waals surface area contributed by atoms with E-state index in [0.717, 1.165) is 47.5 Å². The number of ketones is 1. The average molecular weight is 592 g/mol. The normalized spacial score (nSPS) is 11.6. The Morgan fingerprint density at radius 1 is 0.902 bits per heavy atom. The van der Waals surface area contributed by atoms with Crippen molar-refractivity contribution >= 4 is 27.4 Å². The molecule has 0 aliphatic heterocycles. The number of carbonyl (C=O) groups excluding carboxylic acids is 1. The number of sulfonamides is 1. The largest absolute Gasteiger partial charge is 0.508 e. The lowest BCUT2D eigenvalue weighted by atomic mass is 10.1. The lowest BCUT2D eigenvalue weighted by Crippen LogP contribution is -2.30. The molecule has 0 saturated heterocycles. The highest BCUT2D eigenvalue weighted by Crippen LogP contribution is 2.21. The van der Waals surface area contributed by atoms with Gasteiger partial charge in [-0.2, -0.15) is 4.31 Å². The molecule has 0 radical (unpaired) electrons. The SMILES string of the molecule is CS(=O)(=O)N(CCCCC(=O)c1cccc(Cl)c1)Cc1cccc(-c2ccnc(CCCc3ccc(O)cc3)n2)c1. The second kappa shape index (κ2) is 14.3. The maximum absolute atomic E-state index is 12.6. The zero-order valence-electron chi connectivity index (χ0n) is 23.0. The first kappa shape index (κ1) is 30.4. The topological polar surface area (TPSA) is 100 Å². The van der Waals surface area contributed by atoms with Crippen molar-refractivity contribution in [2.24, 2.45) is 0 Å². The molecule has 7 nitrogen and oxygen atoms in total. The Hall–Kier alpha value is -3.59. The molecular formula is C32H34ClN3O4S. The number of rotatable bonds is 14. The quantitative estimate of drug-likeness (QED) is 0.133. The van der Waals surface area contributed by atoms with Crippen LogP contribution < -0.4 is 0 Å². The van der Waals surface area contributed by atoms with Gasteiger partial charge in [-0.1, -0.05) is 54.1 Å². The van der Waals surface area contributed by atoms with Crippen LogP contribution in [-0.4, -0.2) is 46.4 Å². The van der Waals surface area contributed by atoms with Gasteiger partial charge in [-0.15, -0.1) is 0 Å². The summed E-state index contributed by atoms with van der Waals surface area (Å²) in [5.74, 6) is 1.00. The van der Waals surface area contributed by atoms with Gasteiger partial charge in [0.1, 0.15) is 11.6 Å². The molecule has 4 rings (SSSR count). The molecule has 0 unspecified atom stereocenters. The average Bonchev–Trinajstić information content (AvgIpc) is 2.95. The van der Waals surface area contributed by atoms with E-state index in [1.807, 2.05) is 42.5 Å². The Morgan fingerprint density at radius 3 is 2.44 bits per heavy atom. The van der Waals surface area contributed by atoms with Gasteiger partial charge in [-0.25, -0.2) is 18.4 Å². The third kappa shape index (κ3) is 9.49. The smallest absolute Gasteiger partial charge is 0.211 e. The minimum absolute atomic E-state index is 0.00400. The predicted molar refractivity (Wildman–Crippen MR) is 162 cm³/mol. The van der Waals surface area contributed by atoms with Crippen LogP contribution in [0.1, 0.15) is 53.0 Å². The van der Waals surface area contributed by atoms with E-state index in [4.69, 9.17) is 16.6 Å². The zero-order chi connectivity index (χ0) is 29.2. The minimum Gasteiger partial charge on any atom is -0.508 e. The van der Waals surface area contributed by atoms with E-state index in [9.17, 15) is 18.3 Å². The van der Waals surface area contributed by atoms with E-state index in [-0.39, 0.29) is 18.1 Å². The van der Waals surface area contributed by atoms with Crippen LogP contribution in [0, 0.1) is 0 Å². The first-order valence-electron chi connectivity index (χ1n) is 13.6. The number of aromatic nitrogens is 2. The number of hydrogen-bond donors (Lipinski definition) is 1. The van der Waals surface area contributed by atoms with Crippen molar-refractivity contribution in [3.63, 3.8) is 0 Å². The molecule has 0 spiro atoms. The van der Waals surface area contributed by atoms with Crippen LogP contribution in [0.3, 0.4) is 0 Å². The maximum atomic E-state index is 12.6. The molecule has 1 N–H and O–H groups in total. The minimum atomic E-state index is -3.45. The predicted octanol–water partition coefficient (Wildman–Crippen LogP) is 6.49. The molecule has 1 aromatic heterocycles. The van der Waals surface area contributed by atoms with Crippen molar-refractivity contribution in [3.05, 3.63) is 113 Å². The number of Topliss-reactive ketones (excluding diaryl/α,β-unsaturated/α-hetero) is 1. The lowest BCUT2D eigenvalue weighted by Gasteiger charge is -2.20. The van der Waals surface area contributed by atoms with Crippen LogP contribution in [0.4, 0.5) is 0 Å². The summed E-state index contributed by atoms with van der Waals surface area (Å²) in [7, 11) is -3.45. The van der Waals surface area contributed by atoms with E-state index < -0.39 is 10.0 Å². The fourth-order valence-corrected chi connectivity index (χ4v) is 5.60. The summed E-state index contributed by atoms with van der Waals surface area (Å²) in [6.45, 7) is 0.560. The molecule has 0 aliphatic rings. The van der Waals surface area contributed by atoms with Gasteiger partial charge in [0.25, 0.3) is 0 Å². The molecule has 0 amide bonds. The van der Waals surface area contributed by atoms with Crippen molar-refractivity contribution in [2.45, 2.75) is 45.1 Å². The highest BCUT2D eigenvalue weighted by molar-refractivity contribution is 7.88. The fraction of sp³-hybridized carbons (Fsp3) is 0.281.